The lowest BCUT2D eigenvalue weighted by Crippen LogP contribution is -2.33. The number of ether oxygens (including phenoxy) is 3. The number of aliphatic carboxylic acids is 1. The first-order valence-electron chi connectivity index (χ1n) is 9.09. The number of benzene rings is 2. The van der Waals surface area contributed by atoms with E-state index in [1.54, 1.807) is 48.5 Å². The predicted octanol–water partition coefficient (Wildman–Crippen LogP) is 2.81. The fraction of sp³-hybridized carbons (Fsp3) is 0.333. The van der Waals surface area contributed by atoms with Crippen LogP contribution in [0.2, 0.25) is 0 Å². The van der Waals surface area contributed by atoms with Crippen molar-refractivity contribution in [3.05, 3.63) is 59.7 Å². The Balaban J connectivity index is 1.65. The molecule has 0 aromatic heterocycles. The maximum Gasteiger partial charge on any atom is 0.330 e. The molecule has 0 radical (unpaired) electrons. The van der Waals surface area contributed by atoms with E-state index in [1.165, 1.54) is 7.11 Å². The lowest BCUT2D eigenvalue weighted by Gasteiger charge is -2.23. The lowest BCUT2D eigenvalue weighted by molar-refractivity contribution is -0.139. The molecule has 0 aliphatic carbocycles. The van der Waals surface area contributed by atoms with E-state index in [9.17, 15) is 14.7 Å². The van der Waals surface area contributed by atoms with E-state index in [-0.39, 0.29) is 6.10 Å². The van der Waals surface area contributed by atoms with Gasteiger partial charge in [-0.3, -0.25) is 4.79 Å². The molecule has 2 N–H and O–H groups in total. The van der Waals surface area contributed by atoms with Crippen LogP contribution in [0.25, 0.3) is 0 Å². The van der Waals surface area contributed by atoms with E-state index in [4.69, 9.17) is 14.2 Å². The highest BCUT2D eigenvalue weighted by Crippen LogP contribution is 2.21. The molecule has 1 atom stereocenters. The van der Waals surface area contributed by atoms with Crippen LogP contribution in [0, 0.1) is 0 Å². The van der Waals surface area contributed by atoms with Crippen molar-refractivity contribution in [2.24, 2.45) is 0 Å². The highest BCUT2D eigenvalue weighted by molar-refractivity contribution is 5.96. The zero-order chi connectivity index (χ0) is 19.9. The minimum atomic E-state index is -1.16. The second kappa shape index (κ2) is 9.23. The van der Waals surface area contributed by atoms with Crippen LogP contribution in [0.15, 0.2) is 48.5 Å². The standard InChI is InChI=1S/C21H23NO6/c1-26-16-6-2-14(3-7-16)19(21(24)25)22-20(23)15-4-8-17(9-5-15)28-18-10-12-27-13-11-18/h2-9,18-19H,10-13H2,1H3,(H,22,23)(H,24,25). The van der Waals surface area contributed by atoms with E-state index < -0.39 is 17.9 Å². The predicted molar refractivity (Wildman–Crippen MR) is 102 cm³/mol. The van der Waals surface area contributed by atoms with Crippen LogP contribution in [0.5, 0.6) is 11.5 Å². The molecule has 28 heavy (non-hydrogen) atoms. The van der Waals surface area contributed by atoms with Crippen molar-refractivity contribution in [3.8, 4) is 11.5 Å². The fourth-order valence-corrected chi connectivity index (χ4v) is 2.97. The van der Waals surface area contributed by atoms with E-state index in [0.29, 0.717) is 35.8 Å². The van der Waals surface area contributed by atoms with Gasteiger partial charge in [-0.1, -0.05) is 12.1 Å². The molecule has 1 fully saturated rings. The smallest absolute Gasteiger partial charge is 0.330 e. The number of amides is 1. The number of carbonyl (C=O) groups excluding carboxylic acids is 1. The van der Waals surface area contributed by atoms with E-state index in [0.717, 1.165) is 12.8 Å². The number of nitrogens with one attached hydrogen (secondary N) is 1. The molecular formula is C21H23NO6. The Bertz CT molecular complexity index is 797. The van der Waals surface area contributed by atoms with Crippen molar-refractivity contribution in [2.75, 3.05) is 20.3 Å². The summed E-state index contributed by atoms with van der Waals surface area (Å²) in [6, 6.07) is 12.1. The first-order valence-corrected chi connectivity index (χ1v) is 9.09. The van der Waals surface area contributed by atoms with Gasteiger partial charge in [0.15, 0.2) is 6.04 Å². The van der Waals surface area contributed by atoms with Crippen LogP contribution in [0.4, 0.5) is 0 Å². The van der Waals surface area contributed by atoms with Crippen LogP contribution in [-0.4, -0.2) is 43.4 Å². The van der Waals surface area contributed by atoms with Crippen molar-refractivity contribution < 1.29 is 28.9 Å². The summed E-state index contributed by atoms with van der Waals surface area (Å²) in [4.78, 5) is 24.1. The van der Waals surface area contributed by atoms with E-state index in [2.05, 4.69) is 5.32 Å². The Kier molecular flexibility index (Phi) is 6.49. The summed E-state index contributed by atoms with van der Waals surface area (Å²) in [6.45, 7) is 1.38. The van der Waals surface area contributed by atoms with Crippen molar-refractivity contribution in [2.45, 2.75) is 25.0 Å². The van der Waals surface area contributed by atoms with Crippen molar-refractivity contribution in [1.82, 2.24) is 5.32 Å². The summed E-state index contributed by atoms with van der Waals surface area (Å²) < 4.78 is 16.3. The minimum Gasteiger partial charge on any atom is -0.497 e. The average Bonchev–Trinajstić information content (AvgIpc) is 2.73. The van der Waals surface area contributed by atoms with Gasteiger partial charge in [0.25, 0.3) is 5.91 Å². The van der Waals surface area contributed by atoms with Gasteiger partial charge in [0.05, 0.1) is 20.3 Å². The third-order valence-corrected chi connectivity index (χ3v) is 4.56. The molecule has 3 rings (SSSR count). The number of methoxy groups -OCH3 is 1. The number of rotatable bonds is 7. The average molecular weight is 385 g/mol. The van der Waals surface area contributed by atoms with Crippen LogP contribution < -0.4 is 14.8 Å². The molecule has 1 aliphatic rings. The van der Waals surface area contributed by atoms with Gasteiger partial charge in [-0.05, 0) is 42.0 Å². The maximum atomic E-state index is 12.5. The Hall–Kier alpha value is -3.06. The largest absolute Gasteiger partial charge is 0.497 e. The Labute approximate surface area is 163 Å². The molecule has 0 bridgehead atoms. The van der Waals surface area contributed by atoms with Crippen LogP contribution in [0.1, 0.15) is 34.8 Å². The molecule has 7 heteroatoms. The van der Waals surface area contributed by atoms with Crippen LogP contribution in [-0.2, 0) is 9.53 Å². The van der Waals surface area contributed by atoms with Crippen molar-refractivity contribution >= 4 is 11.9 Å². The normalized spacial score (nSPS) is 15.5. The monoisotopic (exact) mass is 385 g/mol. The Morgan fingerprint density at radius 3 is 2.21 bits per heavy atom. The molecule has 1 saturated heterocycles. The summed E-state index contributed by atoms with van der Waals surface area (Å²) in [6.07, 6.45) is 1.79. The first-order chi connectivity index (χ1) is 13.6. The zero-order valence-corrected chi connectivity index (χ0v) is 15.6. The van der Waals surface area contributed by atoms with Crippen LogP contribution >= 0.6 is 0 Å². The Morgan fingerprint density at radius 1 is 1.04 bits per heavy atom. The second-order valence-corrected chi connectivity index (χ2v) is 6.47. The highest BCUT2D eigenvalue weighted by atomic mass is 16.5. The molecule has 1 heterocycles. The molecule has 1 unspecified atom stereocenters. The molecule has 2 aromatic carbocycles. The summed E-state index contributed by atoms with van der Waals surface area (Å²) in [5.74, 6) is -0.327. The van der Waals surface area contributed by atoms with Crippen LogP contribution in [0.3, 0.4) is 0 Å². The number of carboxylic acids is 1. The summed E-state index contributed by atoms with van der Waals surface area (Å²) in [5, 5.41) is 12.0. The SMILES string of the molecule is COc1ccc(C(NC(=O)c2ccc(OC3CCOCC3)cc2)C(=O)O)cc1. The van der Waals surface area contributed by atoms with Crippen molar-refractivity contribution in [1.29, 1.82) is 0 Å². The number of carboxylic acid groups (broad SMARTS) is 1. The van der Waals surface area contributed by atoms with Gasteiger partial charge in [-0.15, -0.1) is 0 Å². The molecule has 7 nitrogen and oxygen atoms in total. The second-order valence-electron chi connectivity index (χ2n) is 6.47. The van der Waals surface area contributed by atoms with E-state index in [1.807, 2.05) is 0 Å². The van der Waals surface area contributed by atoms with E-state index >= 15 is 0 Å². The van der Waals surface area contributed by atoms with Gasteiger partial charge in [0.1, 0.15) is 17.6 Å². The molecule has 1 aliphatic heterocycles. The van der Waals surface area contributed by atoms with Gasteiger partial charge in [0.2, 0.25) is 0 Å². The van der Waals surface area contributed by atoms with Gasteiger partial charge >= 0.3 is 5.97 Å². The van der Waals surface area contributed by atoms with Gasteiger partial charge in [-0.2, -0.15) is 0 Å². The number of carbonyl (C=O) groups is 2. The summed E-state index contributed by atoms with van der Waals surface area (Å²) in [7, 11) is 1.53. The molecule has 0 saturated carbocycles. The number of hydrogen-bond donors (Lipinski definition) is 2. The summed E-state index contributed by atoms with van der Waals surface area (Å²) in [5.41, 5.74) is 0.820. The highest BCUT2D eigenvalue weighted by Gasteiger charge is 2.23. The zero-order valence-electron chi connectivity index (χ0n) is 15.6. The Morgan fingerprint density at radius 2 is 1.64 bits per heavy atom. The van der Waals surface area contributed by atoms with Gasteiger partial charge in [0, 0.05) is 18.4 Å². The maximum absolute atomic E-state index is 12.5. The molecular weight excluding hydrogens is 362 g/mol. The third kappa shape index (κ3) is 5.01. The lowest BCUT2D eigenvalue weighted by atomic mass is 10.1. The fourth-order valence-electron chi connectivity index (χ4n) is 2.97. The quantitative estimate of drug-likeness (QED) is 0.761. The molecule has 148 valence electrons. The van der Waals surface area contributed by atoms with Crippen molar-refractivity contribution in [3.63, 3.8) is 0 Å². The molecule has 0 spiro atoms. The summed E-state index contributed by atoms with van der Waals surface area (Å²) >= 11 is 0. The topological polar surface area (TPSA) is 94.1 Å². The third-order valence-electron chi connectivity index (χ3n) is 4.56. The minimum absolute atomic E-state index is 0.111. The number of hydrogen-bond acceptors (Lipinski definition) is 5. The van der Waals surface area contributed by atoms with Gasteiger partial charge < -0.3 is 24.6 Å². The first kappa shape index (κ1) is 19.7. The molecule has 2 aromatic rings. The van der Waals surface area contributed by atoms with Gasteiger partial charge in [-0.25, -0.2) is 4.79 Å². The molecule has 1 amide bonds.